The predicted octanol–water partition coefficient (Wildman–Crippen LogP) is 1.09. The van der Waals surface area contributed by atoms with Gasteiger partial charge in [0.2, 0.25) is 0 Å². The zero-order valence-corrected chi connectivity index (χ0v) is 6.68. The molecule has 0 bridgehead atoms. The van der Waals surface area contributed by atoms with Crippen molar-refractivity contribution in [3.8, 4) is 0 Å². The van der Waals surface area contributed by atoms with Gasteiger partial charge in [0.25, 0.3) is 0 Å². The van der Waals surface area contributed by atoms with Crippen LogP contribution >= 0.6 is 0 Å². The predicted molar refractivity (Wildman–Crippen MR) is 46.7 cm³/mol. The molecule has 1 aliphatic heterocycles. The topological polar surface area (TPSA) is 43.1 Å². The lowest BCUT2D eigenvalue weighted by Gasteiger charge is -1.97. The Morgan fingerprint density at radius 3 is 3.00 bits per heavy atom. The Kier molecular flexibility index (Phi) is 1.59. The number of fused-ring (bicyclic) bond motifs is 1. The monoisotopic (exact) mass is 160 g/mol. The Bertz CT molecular complexity index is 370. The first-order chi connectivity index (χ1) is 5.86. The van der Waals surface area contributed by atoms with Gasteiger partial charge in [-0.05, 0) is 19.1 Å². The zero-order chi connectivity index (χ0) is 8.39. The number of allylic oxidation sites excluding steroid dienone is 3. The lowest BCUT2D eigenvalue weighted by Crippen LogP contribution is -1.97. The highest BCUT2D eigenvalue weighted by molar-refractivity contribution is 5.93. The van der Waals surface area contributed by atoms with Crippen LogP contribution in [0.3, 0.4) is 0 Å². The minimum atomic E-state index is 0.749. The van der Waals surface area contributed by atoms with Gasteiger partial charge in [-0.25, -0.2) is 4.68 Å². The van der Waals surface area contributed by atoms with Gasteiger partial charge in [0.1, 0.15) is 6.33 Å². The summed E-state index contributed by atoms with van der Waals surface area (Å²) in [4.78, 5) is 0. The van der Waals surface area contributed by atoms with Crippen molar-refractivity contribution in [1.29, 1.82) is 0 Å². The Balaban J connectivity index is 2.55. The van der Waals surface area contributed by atoms with Gasteiger partial charge in [0.15, 0.2) is 5.82 Å². The minimum Gasteiger partial charge on any atom is -0.200 e. The molecule has 60 valence electrons. The maximum absolute atomic E-state index is 4.23. The molecule has 2 rings (SSSR count). The van der Waals surface area contributed by atoms with Crippen molar-refractivity contribution >= 4 is 11.8 Å². The lowest BCUT2D eigenvalue weighted by atomic mass is 10.3. The molecule has 2 heterocycles. The molecular weight excluding hydrogens is 152 g/mol. The van der Waals surface area contributed by atoms with E-state index >= 15 is 0 Å². The third-order valence-corrected chi connectivity index (χ3v) is 1.52. The van der Waals surface area contributed by atoms with Crippen LogP contribution in [0.15, 0.2) is 29.7 Å². The van der Waals surface area contributed by atoms with Crippen LogP contribution in [0.25, 0.3) is 6.08 Å². The highest BCUT2D eigenvalue weighted by Gasteiger charge is 1.98. The Hall–Kier alpha value is -1.71. The quantitative estimate of drug-likeness (QED) is 0.570. The van der Waals surface area contributed by atoms with Crippen LogP contribution in [0, 0.1) is 0 Å². The van der Waals surface area contributed by atoms with Crippen molar-refractivity contribution in [2.24, 2.45) is 5.10 Å². The molecule has 0 N–H and O–H groups in total. The molecular formula is C8H8N4. The summed E-state index contributed by atoms with van der Waals surface area (Å²) < 4.78 is 1.65. The van der Waals surface area contributed by atoms with E-state index in [0.29, 0.717) is 0 Å². The van der Waals surface area contributed by atoms with Gasteiger partial charge in [0, 0.05) is 0 Å². The molecule has 12 heavy (non-hydrogen) atoms. The van der Waals surface area contributed by atoms with Crippen LogP contribution in [-0.4, -0.2) is 20.6 Å². The molecule has 0 saturated carbocycles. The van der Waals surface area contributed by atoms with Gasteiger partial charge in [-0.2, -0.15) is 5.10 Å². The van der Waals surface area contributed by atoms with Crippen molar-refractivity contribution in [3.05, 3.63) is 30.4 Å². The van der Waals surface area contributed by atoms with Gasteiger partial charge >= 0.3 is 0 Å². The van der Waals surface area contributed by atoms with Gasteiger partial charge in [-0.1, -0.05) is 12.2 Å². The van der Waals surface area contributed by atoms with E-state index in [1.165, 1.54) is 0 Å². The first-order valence-corrected chi connectivity index (χ1v) is 3.66. The Morgan fingerprint density at radius 2 is 2.08 bits per heavy atom. The summed E-state index contributed by atoms with van der Waals surface area (Å²) in [6.07, 6.45) is 9.22. The van der Waals surface area contributed by atoms with Gasteiger partial charge in [-0.15, -0.1) is 10.2 Å². The second kappa shape index (κ2) is 2.73. The number of aromatic nitrogens is 3. The molecule has 0 saturated heterocycles. The fourth-order valence-corrected chi connectivity index (χ4v) is 0.965. The maximum atomic E-state index is 4.23. The van der Waals surface area contributed by atoms with Crippen molar-refractivity contribution in [2.45, 2.75) is 6.92 Å². The average Bonchev–Trinajstić information content (AvgIpc) is 2.42. The fourth-order valence-electron chi connectivity index (χ4n) is 0.965. The number of rotatable bonds is 0. The summed E-state index contributed by atoms with van der Waals surface area (Å²) in [5.74, 6) is 0.749. The second-order valence-electron chi connectivity index (χ2n) is 2.49. The largest absolute Gasteiger partial charge is 0.200 e. The molecule has 0 spiro atoms. The van der Waals surface area contributed by atoms with Crippen molar-refractivity contribution < 1.29 is 0 Å². The van der Waals surface area contributed by atoms with Crippen molar-refractivity contribution in [3.63, 3.8) is 0 Å². The van der Waals surface area contributed by atoms with E-state index in [2.05, 4.69) is 15.3 Å². The number of hydrogen-bond acceptors (Lipinski definition) is 3. The van der Waals surface area contributed by atoms with E-state index in [1.54, 1.807) is 11.0 Å². The van der Waals surface area contributed by atoms with Crippen LogP contribution in [0.2, 0.25) is 0 Å². The van der Waals surface area contributed by atoms with Gasteiger partial charge in [0.05, 0.1) is 5.71 Å². The third kappa shape index (κ3) is 1.18. The van der Waals surface area contributed by atoms with Gasteiger partial charge in [-0.3, -0.25) is 0 Å². The van der Waals surface area contributed by atoms with Crippen LogP contribution in [0.1, 0.15) is 12.7 Å². The van der Waals surface area contributed by atoms with E-state index in [-0.39, 0.29) is 0 Å². The van der Waals surface area contributed by atoms with E-state index < -0.39 is 0 Å². The molecule has 4 heteroatoms. The zero-order valence-electron chi connectivity index (χ0n) is 6.68. The van der Waals surface area contributed by atoms with Crippen LogP contribution in [0.4, 0.5) is 0 Å². The van der Waals surface area contributed by atoms with Crippen LogP contribution < -0.4 is 0 Å². The molecule has 0 aromatic carbocycles. The van der Waals surface area contributed by atoms with E-state index in [4.69, 9.17) is 0 Å². The third-order valence-electron chi connectivity index (χ3n) is 1.52. The number of hydrogen-bond donors (Lipinski definition) is 0. The van der Waals surface area contributed by atoms with E-state index in [0.717, 1.165) is 11.5 Å². The van der Waals surface area contributed by atoms with Crippen molar-refractivity contribution in [2.75, 3.05) is 0 Å². The van der Waals surface area contributed by atoms with Crippen LogP contribution in [-0.2, 0) is 0 Å². The van der Waals surface area contributed by atoms with Gasteiger partial charge < -0.3 is 0 Å². The average molecular weight is 160 g/mol. The smallest absolute Gasteiger partial charge is 0.177 e. The summed E-state index contributed by atoms with van der Waals surface area (Å²) in [5.41, 5.74) is 0.931. The molecule has 0 unspecified atom stereocenters. The number of nitrogens with zero attached hydrogens (tertiary/aromatic N) is 4. The van der Waals surface area contributed by atoms with E-state index in [9.17, 15) is 0 Å². The molecule has 0 fully saturated rings. The Labute approximate surface area is 69.9 Å². The standard InChI is InChI=1S/C8H8N4/c1-7-4-2-3-5-8-10-9-6-12(8)11-7/h2-6H,1H3/b4-2?,5-3-,11-7?. The SMILES string of the molecule is CC1=Nn2cnnc2/C=C\C=C1. The maximum Gasteiger partial charge on any atom is 0.177 e. The molecule has 0 atom stereocenters. The molecule has 1 aliphatic rings. The second-order valence-corrected chi connectivity index (χ2v) is 2.49. The first-order valence-electron chi connectivity index (χ1n) is 3.66. The normalized spacial score (nSPS) is 17.6. The summed E-state index contributed by atoms with van der Waals surface area (Å²) in [6, 6.07) is 0. The minimum absolute atomic E-state index is 0.749. The molecule has 4 nitrogen and oxygen atoms in total. The summed E-state index contributed by atoms with van der Waals surface area (Å²) >= 11 is 0. The molecule has 0 amide bonds. The molecule has 0 radical (unpaired) electrons. The fraction of sp³-hybridized carbons (Fsp3) is 0.125. The van der Waals surface area contributed by atoms with E-state index in [1.807, 2.05) is 31.2 Å². The highest BCUT2D eigenvalue weighted by atomic mass is 15.4. The van der Waals surface area contributed by atoms with Crippen molar-refractivity contribution in [1.82, 2.24) is 14.9 Å². The molecule has 0 aliphatic carbocycles. The highest BCUT2D eigenvalue weighted by Crippen LogP contribution is 2.01. The van der Waals surface area contributed by atoms with Crippen LogP contribution in [0.5, 0.6) is 0 Å². The molecule has 1 aromatic heterocycles. The first kappa shape index (κ1) is 6.97. The summed E-state index contributed by atoms with van der Waals surface area (Å²) in [5, 5.41) is 11.9. The Morgan fingerprint density at radius 1 is 1.25 bits per heavy atom. The lowest BCUT2D eigenvalue weighted by molar-refractivity contribution is 0.859. The summed E-state index contributed by atoms with van der Waals surface area (Å²) in [6.45, 7) is 1.93. The summed E-state index contributed by atoms with van der Waals surface area (Å²) in [7, 11) is 0. The molecule has 1 aromatic rings.